The number of carbonyl (C=O) groups excluding carboxylic acids is 1. The molecule has 0 saturated carbocycles. The Hall–Kier alpha value is -2.66. The van der Waals surface area contributed by atoms with Crippen molar-refractivity contribution in [3.8, 4) is 0 Å². The van der Waals surface area contributed by atoms with Crippen molar-refractivity contribution in [3.63, 3.8) is 0 Å². The molecule has 0 aromatic heterocycles. The number of rotatable bonds is 3. The fourth-order valence-corrected chi connectivity index (χ4v) is 3.13. The first-order chi connectivity index (χ1) is 10.9. The van der Waals surface area contributed by atoms with Gasteiger partial charge < -0.3 is 4.74 Å². The van der Waals surface area contributed by atoms with Gasteiger partial charge in [-0.15, -0.1) is 0 Å². The van der Waals surface area contributed by atoms with Crippen LogP contribution >= 0.6 is 0 Å². The summed E-state index contributed by atoms with van der Waals surface area (Å²) in [5.41, 5.74) is 2.44. The number of esters is 1. The summed E-state index contributed by atoms with van der Waals surface area (Å²) in [6.07, 6.45) is 1.15. The highest BCUT2D eigenvalue weighted by atomic mass is 32.2. The monoisotopic (exact) mass is 326 g/mol. The van der Waals surface area contributed by atoms with E-state index < -0.39 is 15.8 Å². The molecule has 1 heterocycles. The maximum atomic E-state index is 12.2. The first-order valence-corrected chi connectivity index (χ1v) is 8.79. The zero-order valence-corrected chi connectivity index (χ0v) is 13.3. The van der Waals surface area contributed by atoms with Gasteiger partial charge in [0.25, 0.3) is 0 Å². The SMILES string of the molecule is C=C1OC(=O)C(c2ccccc2)=C1c1ccc(S(C)(=O)=O)cc1. The molecule has 0 radical (unpaired) electrons. The fraction of sp³-hybridized carbons (Fsp3) is 0.0556. The highest BCUT2D eigenvalue weighted by Crippen LogP contribution is 2.38. The van der Waals surface area contributed by atoms with Crippen molar-refractivity contribution in [2.45, 2.75) is 4.90 Å². The number of ether oxygens (including phenoxy) is 1. The number of cyclic esters (lactones) is 1. The second kappa shape index (κ2) is 5.52. The van der Waals surface area contributed by atoms with Crippen molar-refractivity contribution in [2.75, 3.05) is 6.26 Å². The molecule has 5 heteroatoms. The second-order valence-electron chi connectivity index (χ2n) is 5.23. The van der Waals surface area contributed by atoms with Crippen LogP contribution in [0.5, 0.6) is 0 Å². The maximum Gasteiger partial charge on any atom is 0.344 e. The van der Waals surface area contributed by atoms with E-state index in [1.165, 1.54) is 12.1 Å². The van der Waals surface area contributed by atoms with Crippen LogP contribution in [0.3, 0.4) is 0 Å². The van der Waals surface area contributed by atoms with Crippen molar-refractivity contribution < 1.29 is 17.9 Å². The summed E-state index contributed by atoms with van der Waals surface area (Å²) in [6.45, 7) is 3.79. The van der Waals surface area contributed by atoms with Gasteiger partial charge in [0.15, 0.2) is 9.84 Å². The molecule has 0 bridgehead atoms. The van der Waals surface area contributed by atoms with Crippen LogP contribution in [0.2, 0.25) is 0 Å². The van der Waals surface area contributed by atoms with Gasteiger partial charge in [-0.1, -0.05) is 49.0 Å². The topological polar surface area (TPSA) is 60.4 Å². The Morgan fingerprint density at radius 3 is 2.00 bits per heavy atom. The summed E-state index contributed by atoms with van der Waals surface area (Å²) >= 11 is 0. The van der Waals surface area contributed by atoms with E-state index in [9.17, 15) is 13.2 Å². The molecule has 0 amide bonds. The van der Waals surface area contributed by atoms with E-state index in [0.717, 1.165) is 11.8 Å². The highest BCUT2D eigenvalue weighted by molar-refractivity contribution is 7.90. The van der Waals surface area contributed by atoms with Crippen LogP contribution in [0.4, 0.5) is 0 Å². The van der Waals surface area contributed by atoms with Crippen LogP contribution in [0.25, 0.3) is 11.1 Å². The van der Waals surface area contributed by atoms with Gasteiger partial charge >= 0.3 is 5.97 Å². The molecule has 2 aromatic carbocycles. The molecule has 23 heavy (non-hydrogen) atoms. The average Bonchev–Trinajstić information content (AvgIpc) is 2.82. The minimum atomic E-state index is -3.27. The van der Waals surface area contributed by atoms with E-state index in [1.54, 1.807) is 12.1 Å². The van der Waals surface area contributed by atoms with Crippen molar-refractivity contribution in [1.29, 1.82) is 0 Å². The summed E-state index contributed by atoms with van der Waals surface area (Å²) in [5, 5.41) is 0. The summed E-state index contributed by atoms with van der Waals surface area (Å²) in [7, 11) is -3.27. The number of benzene rings is 2. The Labute approximate surface area is 134 Å². The molecule has 1 aliphatic rings. The molecular formula is C18H14O4S. The molecule has 2 aromatic rings. The van der Waals surface area contributed by atoms with Gasteiger partial charge in [0.05, 0.1) is 10.5 Å². The van der Waals surface area contributed by atoms with Crippen LogP contribution in [0, 0.1) is 0 Å². The summed E-state index contributed by atoms with van der Waals surface area (Å²) < 4.78 is 28.3. The fourth-order valence-electron chi connectivity index (χ4n) is 2.50. The van der Waals surface area contributed by atoms with Gasteiger partial charge in [0.2, 0.25) is 0 Å². The van der Waals surface area contributed by atoms with Crippen molar-refractivity contribution in [2.24, 2.45) is 0 Å². The van der Waals surface area contributed by atoms with Gasteiger partial charge in [-0.2, -0.15) is 0 Å². The number of hydrogen-bond donors (Lipinski definition) is 0. The minimum Gasteiger partial charge on any atom is -0.423 e. The summed E-state index contributed by atoms with van der Waals surface area (Å²) in [6, 6.07) is 15.5. The number of carbonyl (C=O) groups is 1. The van der Waals surface area contributed by atoms with Crippen LogP contribution in [-0.4, -0.2) is 20.6 Å². The maximum absolute atomic E-state index is 12.2. The molecule has 4 nitrogen and oxygen atoms in total. The van der Waals surface area contributed by atoms with Crippen molar-refractivity contribution in [3.05, 3.63) is 78.1 Å². The molecule has 116 valence electrons. The molecule has 0 saturated heterocycles. The van der Waals surface area contributed by atoms with Gasteiger partial charge in [0.1, 0.15) is 5.76 Å². The van der Waals surface area contributed by atoms with Gasteiger partial charge in [-0.3, -0.25) is 0 Å². The first kappa shape index (κ1) is 15.2. The smallest absolute Gasteiger partial charge is 0.344 e. The van der Waals surface area contributed by atoms with E-state index in [2.05, 4.69) is 6.58 Å². The lowest BCUT2D eigenvalue weighted by atomic mass is 9.95. The molecule has 1 aliphatic heterocycles. The third kappa shape index (κ3) is 2.83. The third-order valence-corrected chi connectivity index (χ3v) is 4.71. The predicted octanol–water partition coefficient (Wildman–Crippen LogP) is 3.07. The standard InChI is InChI=1S/C18H14O4S/c1-12-16(14-8-10-15(11-9-14)23(2,20)21)17(18(19)22-12)13-6-4-3-5-7-13/h3-11H,1H2,2H3. The third-order valence-electron chi connectivity index (χ3n) is 3.58. The lowest BCUT2D eigenvalue weighted by Crippen LogP contribution is -1.98. The molecule has 0 spiro atoms. The van der Waals surface area contributed by atoms with Gasteiger partial charge in [0, 0.05) is 11.8 Å². The number of sulfone groups is 1. The largest absolute Gasteiger partial charge is 0.423 e. The molecule has 0 aliphatic carbocycles. The zero-order chi connectivity index (χ0) is 16.6. The molecule has 0 fully saturated rings. The lowest BCUT2D eigenvalue weighted by Gasteiger charge is -2.06. The van der Waals surface area contributed by atoms with Crippen molar-refractivity contribution >= 4 is 27.0 Å². The Morgan fingerprint density at radius 2 is 1.43 bits per heavy atom. The Morgan fingerprint density at radius 1 is 0.870 bits per heavy atom. The average molecular weight is 326 g/mol. The first-order valence-electron chi connectivity index (χ1n) is 6.89. The number of allylic oxidation sites excluding steroid dienone is 1. The molecule has 0 atom stereocenters. The zero-order valence-electron chi connectivity index (χ0n) is 12.4. The quantitative estimate of drug-likeness (QED) is 0.813. The van der Waals surface area contributed by atoms with Gasteiger partial charge in [-0.25, -0.2) is 13.2 Å². The minimum absolute atomic E-state index is 0.221. The predicted molar refractivity (Wildman–Crippen MR) is 88.0 cm³/mol. The summed E-state index contributed by atoms with van der Waals surface area (Å²) in [5.74, 6) is -0.190. The van der Waals surface area contributed by atoms with E-state index >= 15 is 0 Å². The summed E-state index contributed by atoms with van der Waals surface area (Å²) in [4.78, 5) is 12.4. The molecule has 3 rings (SSSR count). The van der Waals surface area contributed by atoms with Crippen LogP contribution in [0.1, 0.15) is 11.1 Å². The van der Waals surface area contributed by atoms with E-state index in [-0.39, 0.29) is 10.7 Å². The Bertz CT molecular complexity index is 921. The molecule has 0 N–H and O–H groups in total. The van der Waals surface area contributed by atoms with Crippen LogP contribution < -0.4 is 0 Å². The normalized spacial score (nSPS) is 15.0. The van der Waals surface area contributed by atoms with E-state index in [4.69, 9.17) is 4.74 Å². The van der Waals surface area contributed by atoms with Crippen LogP contribution in [-0.2, 0) is 19.4 Å². The lowest BCUT2D eigenvalue weighted by molar-refractivity contribution is -0.131. The second-order valence-corrected chi connectivity index (χ2v) is 7.24. The highest BCUT2D eigenvalue weighted by Gasteiger charge is 2.30. The van der Waals surface area contributed by atoms with E-state index in [1.807, 2.05) is 30.3 Å². The Balaban J connectivity index is 2.17. The molecular weight excluding hydrogens is 312 g/mol. The molecule has 0 unspecified atom stereocenters. The Kier molecular flexibility index (Phi) is 3.66. The van der Waals surface area contributed by atoms with E-state index in [0.29, 0.717) is 16.7 Å². The van der Waals surface area contributed by atoms with Gasteiger partial charge in [-0.05, 0) is 23.3 Å². The number of hydrogen-bond acceptors (Lipinski definition) is 4. The van der Waals surface area contributed by atoms with Crippen molar-refractivity contribution in [1.82, 2.24) is 0 Å². The van der Waals surface area contributed by atoms with Crippen LogP contribution in [0.15, 0.2) is 71.8 Å².